The van der Waals surface area contributed by atoms with Crippen molar-refractivity contribution < 1.29 is 13.9 Å². The van der Waals surface area contributed by atoms with Gasteiger partial charge in [0, 0.05) is 26.2 Å². The van der Waals surface area contributed by atoms with Crippen molar-refractivity contribution in [3.63, 3.8) is 0 Å². The zero-order valence-electron chi connectivity index (χ0n) is 24.7. The van der Waals surface area contributed by atoms with Crippen molar-refractivity contribution in [1.29, 1.82) is 0 Å². The van der Waals surface area contributed by atoms with Crippen molar-refractivity contribution >= 4 is 34.2 Å². The number of ether oxygens (including phenoxy) is 2. The van der Waals surface area contributed by atoms with Gasteiger partial charge in [0.2, 0.25) is 0 Å². The molecule has 10 heteroatoms. The molecule has 0 atom stereocenters. The van der Waals surface area contributed by atoms with Gasteiger partial charge in [0.15, 0.2) is 11.5 Å². The number of benzene rings is 1. The van der Waals surface area contributed by atoms with Crippen LogP contribution in [0.5, 0.6) is 5.75 Å². The summed E-state index contributed by atoms with van der Waals surface area (Å²) in [5.41, 5.74) is 3.57. The number of aromatic nitrogens is 3. The van der Waals surface area contributed by atoms with E-state index in [1.54, 1.807) is 11.7 Å². The minimum absolute atomic E-state index is 0.148. The lowest BCUT2D eigenvalue weighted by Gasteiger charge is -2.26. The van der Waals surface area contributed by atoms with Crippen molar-refractivity contribution in [2.45, 2.75) is 34.2 Å². The van der Waals surface area contributed by atoms with Crippen molar-refractivity contribution in [3.05, 3.63) is 88.1 Å². The third-order valence-electron chi connectivity index (χ3n) is 6.06. The van der Waals surface area contributed by atoms with Gasteiger partial charge >= 0.3 is 0 Å². The summed E-state index contributed by atoms with van der Waals surface area (Å²) in [5, 5.41) is 3.39. The molecule has 1 saturated heterocycles. The Balaban J connectivity index is 0.000000573. The second-order valence-electron chi connectivity index (χ2n) is 8.99. The summed E-state index contributed by atoms with van der Waals surface area (Å²) in [4.78, 5) is 25.0. The molecule has 0 amide bonds. The Labute approximate surface area is 247 Å². The molecule has 0 spiro atoms. The molecule has 1 N–H and O–H groups in total. The standard InChI is InChI=1S/C24H29N5O3.C5H6ClF.C2H6/c1-17(2)20-8-9-21-23(27-20)29(16-18-4-6-19(31-3)7-5-18)24(30)22(26-21)25-10-11-28-12-14-32-15-13-28;1-3-5(7)4(2)6;1-2/h4-9H,1,10-16H2,2-3H3,(H,25,26);3H,1H2,2H3;1-2H3/b;5-4-;. The summed E-state index contributed by atoms with van der Waals surface area (Å²) in [5.74, 6) is 0.652. The van der Waals surface area contributed by atoms with E-state index in [-0.39, 0.29) is 10.6 Å². The molecule has 0 aliphatic carbocycles. The third-order valence-corrected chi connectivity index (χ3v) is 6.24. The maximum atomic E-state index is 13.4. The Morgan fingerprint density at radius 2 is 1.80 bits per heavy atom. The minimum atomic E-state index is -0.457. The van der Waals surface area contributed by atoms with E-state index in [1.165, 1.54) is 6.92 Å². The minimum Gasteiger partial charge on any atom is -0.497 e. The van der Waals surface area contributed by atoms with Gasteiger partial charge in [0.1, 0.15) is 17.1 Å². The summed E-state index contributed by atoms with van der Waals surface area (Å²) in [7, 11) is 1.63. The number of halogens is 2. The number of methoxy groups -OCH3 is 1. The number of pyridine rings is 1. The Morgan fingerprint density at radius 1 is 1.15 bits per heavy atom. The lowest BCUT2D eigenvalue weighted by Crippen LogP contribution is -2.39. The van der Waals surface area contributed by atoms with E-state index in [2.05, 4.69) is 33.3 Å². The number of hydrogen-bond acceptors (Lipinski definition) is 7. The summed E-state index contributed by atoms with van der Waals surface area (Å²) in [6, 6.07) is 11.5. The smallest absolute Gasteiger partial charge is 0.295 e. The van der Waals surface area contributed by atoms with Crippen LogP contribution in [0.4, 0.5) is 10.2 Å². The Hall–Kier alpha value is -3.53. The van der Waals surface area contributed by atoms with E-state index in [0.29, 0.717) is 30.1 Å². The monoisotopic (exact) mass is 585 g/mol. The van der Waals surface area contributed by atoms with Crippen molar-refractivity contribution in [3.8, 4) is 5.75 Å². The molecule has 1 fully saturated rings. The highest BCUT2D eigenvalue weighted by atomic mass is 35.5. The Kier molecular flexibility index (Phi) is 14.2. The van der Waals surface area contributed by atoms with Crippen LogP contribution in [-0.4, -0.2) is 65.9 Å². The quantitative estimate of drug-likeness (QED) is 0.297. The number of nitrogens with zero attached hydrogens (tertiary/aromatic N) is 4. The van der Waals surface area contributed by atoms with Crippen molar-refractivity contribution in [2.24, 2.45) is 0 Å². The normalized spacial score (nSPS) is 13.6. The number of morpholine rings is 1. The first-order valence-corrected chi connectivity index (χ1v) is 14.0. The van der Waals surface area contributed by atoms with E-state index in [4.69, 9.17) is 21.1 Å². The van der Waals surface area contributed by atoms with Gasteiger partial charge in [0.25, 0.3) is 5.56 Å². The number of allylic oxidation sites excluding steroid dienone is 4. The SMILES string of the molecule is C=C(C)c1ccc2nc(NCCN3CCOCC3)c(=O)n(Cc3ccc(OC)cc3)c2n1.C=C/C(F)=C(\C)Cl.CC. The predicted octanol–water partition coefficient (Wildman–Crippen LogP) is 6.26. The molecule has 1 aliphatic heterocycles. The fourth-order valence-corrected chi connectivity index (χ4v) is 3.91. The van der Waals surface area contributed by atoms with E-state index in [0.717, 1.165) is 61.5 Å². The topological polar surface area (TPSA) is 81.5 Å². The Morgan fingerprint density at radius 3 is 2.34 bits per heavy atom. The van der Waals surface area contributed by atoms with E-state index >= 15 is 0 Å². The number of anilines is 1. The van der Waals surface area contributed by atoms with Crippen LogP contribution in [-0.2, 0) is 11.3 Å². The molecule has 0 radical (unpaired) electrons. The highest BCUT2D eigenvalue weighted by Crippen LogP contribution is 2.18. The molecule has 222 valence electrons. The highest BCUT2D eigenvalue weighted by Gasteiger charge is 2.15. The van der Waals surface area contributed by atoms with Crippen LogP contribution in [0.2, 0.25) is 0 Å². The average molecular weight is 586 g/mol. The van der Waals surface area contributed by atoms with E-state index < -0.39 is 5.83 Å². The fraction of sp³-hybridized carbons (Fsp3) is 0.387. The second kappa shape index (κ2) is 17.3. The number of rotatable bonds is 9. The van der Waals surface area contributed by atoms with Gasteiger partial charge in [0.05, 0.1) is 37.6 Å². The summed E-state index contributed by atoms with van der Waals surface area (Å²) >= 11 is 5.16. The summed E-state index contributed by atoms with van der Waals surface area (Å²) < 4.78 is 24.2. The first kappa shape index (κ1) is 33.7. The van der Waals surface area contributed by atoms with E-state index in [9.17, 15) is 9.18 Å². The molecular formula is C31H41ClFN5O3. The molecule has 8 nitrogen and oxygen atoms in total. The lowest BCUT2D eigenvalue weighted by molar-refractivity contribution is 0.0398. The molecule has 1 aliphatic rings. The zero-order chi connectivity index (χ0) is 30.4. The second-order valence-corrected chi connectivity index (χ2v) is 9.55. The van der Waals surface area contributed by atoms with Crippen LogP contribution in [0.15, 0.2) is 71.3 Å². The molecule has 2 aromatic heterocycles. The zero-order valence-corrected chi connectivity index (χ0v) is 25.4. The van der Waals surface area contributed by atoms with Crippen molar-refractivity contribution in [1.82, 2.24) is 19.4 Å². The van der Waals surface area contributed by atoms with Gasteiger partial charge in [-0.2, -0.15) is 0 Å². The third kappa shape index (κ3) is 10.1. The fourth-order valence-electron chi connectivity index (χ4n) is 3.83. The maximum absolute atomic E-state index is 13.4. The summed E-state index contributed by atoms with van der Waals surface area (Å²) in [6.45, 7) is 19.7. The number of hydrogen-bond donors (Lipinski definition) is 1. The molecular weight excluding hydrogens is 545 g/mol. The van der Waals surface area contributed by atoms with Crippen LogP contribution in [0, 0.1) is 0 Å². The molecule has 0 unspecified atom stereocenters. The van der Waals surface area contributed by atoms with E-state index in [1.807, 2.05) is 57.2 Å². The molecule has 3 aromatic rings. The molecule has 41 heavy (non-hydrogen) atoms. The van der Waals surface area contributed by atoms with Crippen molar-refractivity contribution in [2.75, 3.05) is 51.8 Å². The number of fused-ring (bicyclic) bond motifs is 1. The van der Waals surface area contributed by atoms with Crippen LogP contribution in [0.1, 0.15) is 39.0 Å². The average Bonchev–Trinajstić information content (AvgIpc) is 3.00. The van der Waals surface area contributed by atoms with Crippen LogP contribution in [0.25, 0.3) is 16.7 Å². The van der Waals surface area contributed by atoms with Gasteiger partial charge in [-0.25, -0.2) is 14.4 Å². The largest absolute Gasteiger partial charge is 0.497 e. The number of nitrogens with one attached hydrogen (secondary N) is 1. The Bertz CT molecular complexity index is 1380. The van der Waals surface area contributed by atoms with Gasteiger partial charge in [-0.15, -0.1) is 0 Å². The van der Waals surface area contributed by atoms with Crippen LogP contribution < -0.4 is 15.6 Å². The molecule has 0 bridgehead atoms. The first-order chi connectivity index (χ1) is 19.7. The molecule has 0 saturated carbocycles. The maximum Gasteiger partial charge on any atom is 0.295 e. The van der Waals surface area contributed by atoms with Crippen LogP contribution in [0.3, 0.4) is 0 Å². The predicted molar refractivity (Wildman–Crippen MR) is 168 cm³/mol. The molecule has 1 aromatic carbocycles. The summed E-state index contributed by atoms with van der Waals surface area (Å²) in [6.07, 6.45) is 1.07. The molecule has 4 rings (SSSR count). The lowest BCUT2D eigenvalue weighted by atomic mass is 10.2. The van der Waals surface area contributed by atoms with Gasteiger partial charge in [-0.3, -0.25) is 14.3 Å². The van der Waals surface area contributed by atoms with Gasteiger partial charge in [-0.1, -0.05) is 50.7 Å². The molecule has 3 heterocycles. The van der Waals surface area contributed by atoms with Gasteiger partial charge in [-0.05, 0) is 55.3 Å². The first-order valence-electron chi connectivity index (χ1n) is 13.6. The highest BCUT2D eigenvalue weighted by molar-refractivity contribution is 6.29. The van der Waals surface area contributed by atoms with Crippen LogP contribution >= 0.6 is 11.6 Å². The van der Waals surface area contributed by atoms with Gasteiger partial charge < -0.3 is 14.8 Å².